The highest BCUT2D eigenvalue weighted by molar-refractivity contribution is 6.74. The molecule has 4 rings (SSSR count). The van der Waals surface area contributed by atoms with Gasteiger partial charge in [-0.25, -0.2) is 4.39 Å². The minimum Gasteiger partial charge on any atom is -0.416 e. The number of ether oxygens (including phenoxy) is 2. The van der Waals surface area contributed by atoms with Gasteiger partial charge >= 0.3 is 6.36 Å². The van der Waals surface area contributed by atoms with Crippen LogP contribution in [0.3, 0.4) is 0 Å². The van der Waals surface area contributed by atoms with Crippen LogP contribution in [0.4, 0.5) is 17.6 Å². The van der Waals surface area contributed by atoms with E-state index in [-0.39, 0.29) is 36.8 Å². The van der Waals surface area contributed by atoms with E-state index in [1.54, 1.807) is 24.3 Å². The van der Waals surface area contributed by atoms with Gasteiger partial charge in [0.25, 0.3) is 0 Å². The Labute approximate surface area is 258 Å². The summed E-state index contributed by atoms with van der Waals surface area (Å²) >= 11 is 0. The van der Waals surface area contributed by atoms with Gasteiger partial charge < -0.3 is 19.0 Å². The molecule has 10 heteroatoms. The molecule has 1 aliphatic rings. The van der Waals surface area contributed by atoms with Crippen LogP contribution in [0, 0.1) is 5.82 Å². The Kier molecular flexibility index (Phi) is 10.6. The van der Waals surface area contributed by atoms with Gasteiger partial charge in [0.2, 0.25) is 0 Å². The van der Waals surface area contributed by atoms with Crippen molar-refractivity contribution in [2.75, 3.05) is 19.8 Å². The summed E-state index contributed by atoms with van der Waals surface area (Å²) in [7, 11) is -2.28. The van der Waals surface area contributed by atoms with Crippen molar-refractivity contribution < 1.29 is 36.6 Å². The number of nitrogens with zero attached hydrogens (tertiary/aromatic N) is 1. The first-order valence-corrected chi connectivity index (χ1v) is 17.9. The Morgan fingerprint density at radius 1 is 0.977 bits per heavy atom. The topological polar surface area (TPSA) is 51.2 Å². The summed E-state index contributed by atoms with van der Waals surface area (Å²) < 4.78 is 71.2. The number of para-hydroxylation sites is 1. The highest BCUT2D eigenvalue weighted by atomic mass is 28.4. The quantitative estimate of drug-likeness (QED) is 0.169. The number of halogens is 4. The van der Waals surface area contributed by atoms with E-state index in [9.17, 15) is 22.7 Å². The first kappa shape index (κ1) is 34.1. The molecule has 0 radical (unpaired) electrons. The zero-order valence-electron chi connectivity index (χ0n) is 26.0. The molecule has 0 aliphatic carbocycles. The zero-order valence-corrected chi connectivity index (χ0v) is 27.0. The molecule has 5 nitrogen and oxygen atoms in total. The summed E-state index contributed by atoms with van der Waals surface area (Å²) in [6.45, 7) is 11.9. The molecule has 44 heavy (non-hydrogen) atoms. The lowest BCUT2D eigenvalue weighted by atomic mass is 9.86. The van der Waals surface area contributed by atoms with Crippen LogP contribution in [0.5, 0.6) is 5.75 Å². The van der Waals surface area contributed by atoms with E-state index in [0.29, 0.717) is 24.2 Å². The molecule has 1 heterocycles. The molecule has 1 aliphatic heterocycles. The van der Waals surface area contributed by atoms with Gasteiger partial charge in [-0.05, 0) is 59.4 Å². The van der Waals surface area contributed by atoms with E-state index >= 15 is 0 Å². The molecular weight excluding hydrogens is 590 g/mol. The SMILES string of the molecule is CC(C)(C)[Si](C)(C)OCC(CCC1(O)OCCN(Cc2ccccc2)C1c1ccc(F)cc1)c1ccccc1OC(F)(F)F. The van der Waals surface area contributed by atoms with Crippen LogP contribution in [0.2, 0.25) is 18.1 Å². The maximum Gasteiger partial charge on any atom is 0.573 e. The average Bonchev–Trinajstić information content (AvgIpc) is 2.94. The van der Waals surface area contributed by atoms with E-state index < -0.39 is 38.2 Å². The molecule has 0 amide bonds. The number of alkyl halides is 3. The van der Waals surface area contributed by atoms with Crippen LogP contribution in [0.25, 0.3) is 0 Å². The smallest absolute Gasteiger partial charge is 0.416 e. The fourth-order valence-corrected chi connectivity index (χ4v) is 6.47. The van der Waals surface area contributed by atoms with E-state index in [4.69, 9.17) is 9.16 Å². The van der Waals surface area contributed by atoms with E-state index in [2.05, 4.69) is 43.5 Å². The zero-order chi connectivity index (χ0) is 32.2. The highest BCUT2D eigenvalue weighted by Gasteiger charge is 2.46. The lowest BCUT2D eigenvalue weighted by Crippen LogP contribution is -2.54. The number of rotatable bonds is 11. The number of morpholine rings is 1. The second kappa shape index (κ2) is 13.7. The summed E-state index contributed by atoms with van der Waals surface area (Å²) in [5, 5.41) is 12.1. The maximum absolute atomic E-state index is 13.9. The fraction of sp³-hybridized carbons (Fsp3) is 0.471. The van der Waals surface area contributed by atoms with Crippen molar-refractivity contribution in [3.05, 3.63) is 101 Å². The largest absolute Gasteiger partial charge is 0.573 e. The van der Waals surface area contributed by atoms with Crippen LogP contribution in [0.1, 0.15) is 62.3 Å². The third kappa shape index (κ3) is 8.69. The second-order valence-corrected chi connectivity index (χ2v) is 17.8. The second-order valence-electron chi connectivity index (χ2n) is 13.0. The average molecular weight is 634 g/mol. The van der Waals surface area contributed by atoms with Crippen LogP contribution in [-0.2, 0) is 15.7 Å². The minimum atomic E-state index is -4.86. The van der Waals surface area contributed by atoms with Crippen LogP contribution in [-0.4, -0.2) is 50.2 Å². The van der Waals surface area contributed by atoms with Crippen LogP contribution in [0.15, 0.2) is 78.9 Å². The maximum atomic E-state index is 13.9. The van der Waals surface area contributed by atoms with Gasteiger partial charge in [0.05, 0.1) is 12.6 Å². The first-order valence-electron chi connectivity index (χ1n) is 15.0. The monoisotopic (exact) mass is 633 g/mol. The minimum absolute atomic E-state index is 0.0895. The van der Waals surface area contributed by atoms with Crippen molar-refractivity contribution in [3.63, 3.8) is 0 Å². The molecule has 0 bridgehead atoms. The molecule has 3 aromatic carbocycles. The van der Waals surface area contributed by atoms with Gasteiger partial charge in [0.15, 0.2) is 14.1 Å². The normalized spacial score (nSPS) is 20.8. The molecule has 3 aromatic rings. The van der Waals surface area contributed by atoms with Crippen LogP contribution < -0.4 is 4.74 Å². The number of aliphatic hydroxyl groups is 1. The summed E-state index contributed by atoms with van der Waals surface area (Å²) in [6, 6.07) is 21.3. The van der Waals surface area contributed by atoms with Gasteiger partial charge in [0, 0.05) is 32.0 Å². The van der Waals surface area contributed by atoms with Crippen molar-refractivity contribution in [3.8, 4) is 5.75 Å². The number of hydrogen-bond acceptors (Lipinski definition) is 5. The molecule has 240 valence electrons. The Morgan fingerprint density at radius 2 is 1.61 bits per heavy atom. The summed E-state index contributed by atoms with van der Waals surface area (Å²) in [5.41, 5.74) is 2.07. The molecule has 1 fully saturated rings. The fourth-order valence-electron chi connectivity index (χ4n) is 5.42. The summed E-state index contributed by atoms with van der Waals surface area (Å²) in [5.74, 6) is -2.93. The Morgan fingerprint density at radius 3 is 2.25 bits per heavy atom. The van der Waals surface area contributed by atoms with E-state index in [0.717, 1.165) is 5.56 Å². The Hall–Kier alpha value is -2.76. The molecule has 3 atom stereocenters. The van der Waals surface area contributed by atoms with Crippen molar-refractivity contribution in [1.29, 1.82) is 0 Å². The van der Waals surface area contributed by atoms with E-state index in [1.165, 1.54) is 24.3 Å². The third-order valence-electron chi connectivity index (χ3n) is 8.82. The van der Waals surface area contributed by atoms with E-state index in [1.807, 2.05) is 30.3 Å². The standard InChI is InChI=1S/C34H43F4NO4Si/c1-32(2,3)44(4,5)42-24-27(29-13-9-10-14-30(29)43-34(36,37)38)19-20-33(40)31(26-15-17-28(35)18-16-26)39(21-22-41-33)23-25-11-7-6-8-12-25/h6-18,27,31,40H,19-24H2,1-5H3. The predicted octanol–water partition coefficient (Wildman–Crippen LogP) is 8.57. The molecule has 0 spiro atoms. The first-order chi connectivity index (χ1) is 20.6. The predicted molar refractivity (Wildman–Crippen MR) is 165 cm³/mol. The van der Waals surface area contributed by atoms with Crippen molar-refractivity contribution >= 4 is 8.32 Å². The number of hydrogen-bond donors (Lipinski definition) is 1. The van der Waals surface area contributed by atoms with Crippen molar-refractivity contribution in [2.45, 2.75) is 82.4 Å². The van der Waals surface area contributed by atoms with Gasteiger partial charge in [-0.3, -0.25) is 4.90 Å². The van der Waals surface area contributed by atoms with Crippen molar-refractivity contribution in [2.24, 2.45) is 0 Å². The molecular formula is C34H43F4NO4Si. The molecule has 1 saturated heterocycles. The molecule has 3 unspecified atom stereocenters. The summed E-state index contributed by atoms with van der Waals surface area (Å²) in [4.78, 5) is 2.11. The van der Waals surface area contributed by atoms with Crippen LogP contribution >= 0.6 is 0 Å². The molecule has 0 saturated carbocycles. The van der Waals surface area contributed by atoms with Gasteiger partial charge in [-0.2, -0.15) is 0 Å². The van der Waals surface area contributed by atoms with Gasteiger partial charge in [-0.15, -0.1) is 13.2 Å². The lowest BCUT2D eigenvalue weighted by Gasteiger charge is -2.47. The highest BCUT2D eigenvalue weighted by Crippen LogP contribution is 2.44. The molecule has 1 N–H and O–H groups in total. The van der Waals surface area contributed by atoms with Crippen molar-refractivity contribution in [1.82, 2.24) is 4.90 Å². The third-order valence-corrected chi connectivity index (χ3v) is 13.3. The Bertz CT molecular complexity index is 1350. The summed E-state index contributed by atoms with van der Waals surface area (Å²) in [6.07, 6.45) is -4.52. The number of benzene rings is 3. The van der Waals surface area contributed by atoms with Gasteiger partial charge in [0.1, 0.15) is 11.6 Å². The van der Waals surface area contributed by atoms with Gasteiger partial charge in [-0.1, -0.05) is 81.4 Å². The molecule has 0 aromatic heterocycles. The Balaban J connectivity index is 1.67. The lowest BCUT2D eigenvalue weighted by molar-refractivity contribution is -0.278.